The zero-order valence-electron chi connectivity index (χ0n) is 16.6. The van der Waals surface area contributed by atoms with Gasteiger partial charge in [0.05, 0.1) is 6.61 Å². The van der Waals surface area contributed by atoms with Crippen LogP contribution < -0.4 is 4.90 Å². The monoisotopic (exact) mass is 422 g/mol. The van der Waals surface area contributed by atoms with E-state index in [0.29, 0.717) is 30.5 Å². The van der Waals surface area contributed by atoms with Crippen LogP contribution in [-0.4, -0.2) is 53.6 Å². The Labute approximate surface area is 181 Å². The van der Waals surface area contributed by atoms with Gasteiger partial charge in [-0.05, 0) is 17.7 Å². The van der Waals surface area contributed by atoms with Crippen molar-refractivity contribution in [1.29, 1.82) is 0 Å². The van der Waals surface area contributed by atoms with Gasteiger partial charge in [0.2, 0.25) is 5.91 Å². The molecule has 0 radical (unpaired) electrons. The summed E-state index contributed by atoms with van der Waals surface area (Å²) in [6, 6.07) is 19.3. The third-order valence-electron chi connectivity index (χ3n) is 5.07. The maximum absolute atomic E-state index is 12.5. The van der Waals surface area contributed by atoms with Crippen LogP contribution in [0, 0.1) is 0 Å². The summed E-state index contributed by atoms with van der Waals surface area (Å²) in [4.78, 5) is 25.6. The minimum absolute atomic E-state index is 0.00522. The van der Waals surface area contributed by atoms with E-state index in [4.69, 9.17) is 21.3 Å². The largest absolute Gasteiger partial charge is 0.367 e. The summed E-state index contributed by atoms with van der Waals surface area (Å²) in [6.45, 7) is 3.10. The highest BCUT2D eigenvalue weighted by Crippen LogP contribution is 2.19. The summed E-state index contributed by atoms with van der Waals surface area (Å²) in [5.74, 6) is 1.58. The first-order chi connectivity index (χ1) is 14.7. The minimum atomic E-state index is -0.00522. The number of aromatic nitrogens is 2. The SMILES string of the molecule is O=C(COCc1ccccc1Cl)N1CCN(c2ccnc(-c3ccccc3)n2)CC1. The van der Waals surface area contributed by atoms with Gasteiger partial charge in [-0.2, -0.15) is 0 Å². The Kier molecular flexibility index (Phi) is 6.57. The van der Waals surface area contributed by atoms with Crippen LogP contribution in [0.25, 0.3) is 11.4 Å². The van der Waals surface area contributed by atoms with Crippen LogP contribution in [0.2, 0.25) is 5.02 Å². The Hall–Kier alpha value is -2.96. The molecule has 7 heteroatoms. The van der Waals surface area contributed by atoms with Crippen molar-refractivity contribution in [3.63, 3.8) is 0 Å². The number of piperazine rings is 1. The second-order valence-corrected chi connectivity index (χ2v) is 7.46. The van der Waals surface area contributed by atoms with Crippen molar-refractivity contribution >= 4 is 23.3 Å². The smallest absolute Gasteiger partial charge is 0.248 e. The first-order valence-electron chi connectivity index (χ1n) is 9.93. The van der Waals surface area contributed by atoms with Gasteiger partial charge in [-0.15, -0.1) is 0 Å². The zero-order chi connectivity index (χ0) is 20.8. The number of carbonyl (C=O) groups is 1. The highest BCUT2D eigenvalue weighted by molar-refractivity contribution is 6.31. The van der Waals surface area contributed by atoms with Crippen molar-refractivity contribution in [3.8, 4) is 11.4 Å². The van der Waals surface area contributed by atoms with Crippen molar-refractivity contribution in [1.82, 2.24) is 14.9 Å². The molecule has 1 aliphatic rings. The number of halogens is 1. The summed E-state index contributed by atoms with van der Waals surface area (Å²) in [5.41, 5.74) is 1.87. The molecule has 6 nitrogen and oxygen atoms in total. The average molecular weight is 423 g/mol. The maximum Gasteiger partial charge on any atom is 0.248 e. The van der Waals surface area contributed by atoms with Gasteiger partial charge in [-0.1, -0.05) is 60.1 Å². The van der Waals surface area contributed by atoms with Crippen LogP contribution in [0.4, 0.5) is 5.82 Å². The molecule has 0 unspecified atom stereocenters. The molecule has 1 aromatic heterocycles. The molecule has 2 heterocycles. The molecule has 0 atom stereocenters. The van der Waals surface area contributed by atoms with Crippen LogP contribution in [0.1, 0.15) is 5.56 Å². The Bertz CT molecular complexity index is 991. The fraction of sp³-hybridized carbons (Fsp3) is 0.261. The normalized spacial score (nSPS) is 14.0. The molecule has 0 aliphatic carbocycles. The highest BCUT2D eigenvalue weighted by Gasteiger charge is 2.22. The number of amides is 1. The quantitative estimate of drug-likeness (QED) is 0.606. The van der Waals surface area contributed by atoms with Gasteiger partial charge in [-0.25, -0.2) is 9.97 Å². The lowest BCUT2D eigenvalue weighted by molar-refractivity contribution is -0.136. The highest BCUT2D eigenvalue weighted by atomic mass is 35.5. The fourth-order valence-electron chi connectivity index (χ4n) is 3.39. The van der Waals surface area contributed by atoms with E-state index in [2.05, 4.69) is 9.88 Å². The van der Waals surface area contributed by atoms with Gasteiger partial charge in [0.15, 0.2) is 5.82 Å². The minimum Gasteiger partial charge on any atom is -0.367 e. The standard InChI is InChI=1S/C23H23ClN4O2/c24-20-9-5-4-8-19(20)16-30-17-22(29)28-14-12-27(13-15-28)21-10-11-25-23(26-21)18-6-2-1-3-7-18/h1-11H,12-17H2. The van der Waals surface area contributed by atoms with Crippen molar-refractivity contribution < 1.29 is 9.53 Å². The van der Waals surface area contributed by atoms with Gasteiger partial charge in [-0.3, -0.25) is 4.79 Å². The Morgan fingerprint density at radius 2 is 1.70 bits per heavy atom. The van der Waals surface area contributed by atoms with Crippen molar-refractivity contribution in [2.24, 2.45) is 0 Å². The molecule has 1 aliphatic heterocycles. The zero-order valence-corrected chi connectivity index (χ0v) is 17.3. The summed E-state index contributed by atoms with van der Waals surface area (Å²) in [7, 11) is 0. The number of anilines is 1. The molecule has 0 N–H and O–H groups in total. The van der Waals surface area contributed by atoms with E-state index in [0.717, 1.165) is 30.0 Å². The molecule has 0 spiro atoms. The Morgan fingerprint density at radius 1 is 0.967 bits per heavy atom. The Balaban J connectivity index is 1.28. The fourth-order valence-corrected chi connectivity index (χ4v) is 3.58. The molecule has 30 heavy (non-hydrogen) atoms. The van der Waals surface area contributed by atoms with E-state index in [-0.39, 0.29) is 12.5 Å². The molecular weight excluding hydrogens is 400 g/mol. The molecule has 154 valence electrons. The first kappa shape index (κ1) is 20.3. The van der Waals surface area contributed by atoms with E-state index in [1.54, 1.807) is 6.20 Å². The lowest BCUT2D eigenvalue weighted by Gasteiger charge is -2.35. The molecule has 1 fully saturated rings. The van der Waals surface area contributed by atoms with Gasteiger partial charge in [0.25, 0.3) is 0 Å². The number of carbonyl (C=O) groups excluding carboxylic acids is 1. The molecule has 3 aromatic rings. The molecule has 0 saturated carbocycles. The molecule has 4 rings (SSSR count). The number of nitrogens with zero attached hydrogens (tertiary/aromatic N) is 4. The van der Waals surface area contributed by atoms with E-state index in [1.807, 2.05) is 65.6 Å². The van der Waals surface area contributed by atoms with E-state index in [1.165, 1.54) is 0 Å². The van der Waals surface area contributed by atoms with Crippen LogP contribution in [0.3, 0.4) is 0 Å². The van der Waals surface area contributed by atoms with Gasteiger partial charge in [0, 0.05) is 43.0 Å². The van der Waals surface area contributed by atoms with Crippen LogP contribution >= 0.6 is 11.6 Å². The predicted molar refractivity (Wildman–Crippen MR) is 117 cm³/mol. The molecular formula is C23H23ClN4O2. The van der Waals surface area contributed by atoms with Crippen molar-refractivity contribution in [3.05, 3.63) is 77.4 Å². The molecule has 1 amide bonds. The van der Waals surface area contributed by atoms with Gasteiger partial charge in [0.1, 0.15) is 12.4 Å². The maximum atomic E-state index is 12.5. The number of hydrogen-bond acceptors (Lipinski definition) is 5. The summed E-state index contributed by atoms with van der Waals surface area (Å²) in [5, 5.41) is 0.651. The predicted octanol–water partition coefficient (Wildman–Crippen LogP) is 3.66. The summed E-state index contributed by atoms with van der Waals surface area (Å²) >= 11 is 6.12. The van der Waals surface area contributed by atoms with E-state index >= 15 is 0 Å². The number of benzene rings is 2. The lowest BCUT2D eigenvalue weighted by Crippen LogP contribution is -2.50. The van der Waals surface area contributed by atoms with Gasteiger partial charge >= 0.3 is 0 Å². The van der Waals surface area contributed by atoms with Crippen molar-refractivity contribution in [2.45, 2.75) is 6.61 Å². The summed E-state index contributed by atoms with van der Waals surface area (Å²) < 4.78 is 5.58. The summed E-state index contributed by atoms with van der Waals surface area (Å²) in [6.07, 6.45) is 1.78. The van der Waals surface area contributed by atoms with E-state index < -0.39 is 0 Å². The third kappa shape index (κ3) is 4.96. The average Bonchev–Trinajstić information content (AvgIpc) is 2.81. The Morgan fingerprint density at radius 3 is 2.47 bits per heavy atom. The van der Waals surface area contributed by atoms with Crippen LogP contribution in [-0.2, 0) is 16.1 Å². The van der Waals surface area contributed by atoms with Gasteiger partial charge < -0.3 is 14.5 Å². The molecule has 1 saturated heterocycles. The number of hydrogen-bond donors (Lipinski definition) is 0. The lowest BCUT2D eigenvalue weighted by atomic mass is 10.2. The first-order valence-corrected chi connectivity index (χ1v) is 10.3. The second-order valence-electron chi connectivity index (χ2n) is 7.06. The topological polar surface area (TPSA) is 58.6 Å². The molecule has 2 aromatic carbocycles. The van der Waals surface area contributed by atoms with Crippen LogP contribution in [0.15, 0.2) is 66.9 Å². The third-order valence-corrected chi connectivity index (χ3v) is 5.44. The van der Waals surface area contributed by atoms with Crippen molar-refractivity contribution in [2.75, 3.05) is 37.7 Å². The number of rotatable bonds is 6. The molecule has 0 bridgehead atoms. The van der Waals surface area contributed by atoms with Crippen LogP contribution in [0.5, 0.6) is 0 Å². The number of ether oxygens (including phenoxy) is 1. The second kappa shape index (κ2) is 9.69. The van der Waals surface area contributed by atoms with E-state index in [9.17, 15) is 4.79 Å².